The highest BCUT2D eigenvalue weighted by atomic mass is 16.2. The van der Waals surface area contributed by atoms with E-state index in [9.17, 15) is 4.79 Å². The summed E-state index contributed by atoms with van der Waals surface area (Å²) >= 11 is 0. The van der Waals surface area contributed by atoms with Gasteiger partial charge in [0.25, 0.3) is 5.91 Å². The first-order valence-electron chi connectivity index (χ1n) is 11.6. The number of carbonyl (C=O) groups excluding carboxylic acids is 1. The van der Waals surface area contributed by atoms with Crippen LogP contribution in [0.2, 0.25) is 0 Å². The van der Waals surface area contributed by atoms with Crippen LogP contribution in [0, 0.1) is 20.8 Å². The van der Waals surface area contributed by atoms with E-state index in [1.807, 2.05) is 36.4 Å². The molecule has 2 aromatic carbocycles. The predicted molar refractivity (Wildman–Crippen MR) is 136 cm³/mol. The number of aryl methyl sites for hydroxylation is 3. The van der Waals surface area contributed by atoms with Crippen molar-refractivity contribution in [3.8, 4) is 16.9 Å². The number of hydrazine groups is 1. The molecule has 4 aromatic rings. The first-order chi connectivity index (χ1) is 16.8. The summed E-state index contributed by atoms with van der Waals surface area (Å²) in [6, 6.07) is 15.7. The number of anilines is 2. The van der Waals surface area contributed by atoms with Gasteiger partial charge in [0, 0.05) is 17.5 Å². The zero-order valence-corrected chi connectivity index (χ0v) is 20.1. The molecule has 1 saturated carbocycles. The number of aromatic nitrogens is 5. The fourth-order valence-corrected chi connectivity index (χ4v) is 4.07. The minimum Gasteiger partial charge on any atom is -0.344 e. The molecule has 0 spiro atoms. The Balaban J connectivity index is 1.43. The Morgan fingerprint density at radius 3 is 2.49 bits per heavy atom. The maximum atomic E-state index is 13.1. The predicted octanol–water partition coefficient (Wildman–Crippen LogP) is 2.97. The molecule has 5 N–H and O–H groups in total. The van der Waals surface area contributed by atoms with Gasteiger partial charge in [0.05, 0.1) is 17.9 Å². The lowest BCUT2D eigenvalue weighted by molar-refractivity contribution is -0.117. The van der Waals surface area contributed by atoms with E-state index in [0.29, 0.717) is 17.7 Å². The highest BCUT2D eigenvalue weighted by molar-refractivity contribution is 5.95. The molecule has 1 fully saturated rings. The smallest absolute Gasteiger partial charge is 0.261 e. The van der Waals surface area contributed by atoms with Gasteiger partial charge in [-0.15, -0.1) is 5.10 Å². The Kier molecular flexibility index (Phi) is 5.73. The van der Waals surface area contributed by atoms with Crippen LogP contribution in [0.5, 0.6) is 0 Å². The molecule has 0 unspecified atom stereocenters. The molecule has 0 aliphatic heterocycles. The molecule has 0 atom stereocenters. The molecule has 5 rings (SSSR count). The zero-order valence-electron chi connectivity index (χ0n) is 20.1. The molecule has 0 saturated heterocycles. The van der Waals surface area contributed by atoms with Crippen molar-refractivity contribution < 1.29 is 4.79 Å². The standard InChI is InChI=1S/C25H29N9O/c1-15-11-17(3)20(12-16(15)2)21-13-22(33(30-21)19-7-5-4-6-8-19)32(26)23(35)14-28-25-29-24(18-9-10-18)34(27)31-25/h4-8,11-13,18H,9-10,14,26-27H2,1-3H3,(H,28,31). The fraction of sp³-hybridized carbons (Fsp3) is 0.280. The van der Waals surface area contributed by atoms with Gasteiger partial charge in [0.1, 0.15) is 0 Å². The molecule has 35 heavy (non-hydrogen) atoms. The average Bonchev–Trinajstić information content (AvgIpc) is 3.48. The normalized spacial score (nSPS) is 13.1. The largest absolute Gasteiger partial charge is 0.344 e. The maximum absolute atomic E-state index is 13.1. The van der Waals surface area contributed by atoms with Crippen molar-refractivity contribution in [1.82, 2.24) is 24.7 Å². The van der Waals surface area contributed by atoms with Crippen molar-refractivity contribution in [1.29, 1.82) is 0 Å². The molecular formula is C25H29N9O. The van der Waals surface area contributed by atoms with Gasteiger partial charge in [-0.1, -0.05) is 24.3 Å². The van der Waals surface area contributed by atoms with Crippen LogP contribution in [0.25, 0.3) is 16.9 Å². The number of nitrogens with two attached hydrogens (primary N) is 2. The monoisotopic (exact) mass is 471 g/mol. The number of para-hydroxylation sites is 1. The number of nitrogen functional groups attached to an aromatic ring is 1. The van der Waals surface area contributed by atoms with Crippen LogP contribution in [-0.2, 0) is 4.79 Å². The first kappa shape index (κ1) is 22.6. The minimum atomic E-state index is -0.369. The molecule has 10 heteroatoms. The van der Waals surface area contributed by atoms with Crippen molar-refractivity contribution in [2.75, 3.05) is 22.7 Å². The molecule has 1 amide bonds. The number of rotatable bonds is 7. The second-order valence-electron chi connectivity index (χ2n) is 9.02. The number of amides is 1. The third-order valence-corrected chi connectivity index (χ3v) is 6.32. The topological polar surface area (TPSA) is 133 Å². The van der Waals surface area contributed by atoms with Crippen LogP contribution in [-0.4, -0.2) is 37.1 Å². The summed E-state index contributed by atoms with van der Waals surface area (Å²) in [7, 11) is 0. The molecular weight excluding hydrogens is 442 g/mol. The third kappa shape index (κ3) is 4.47. The minimum absolute atomic E-state index is 0.0947. The molecule has 10 nitrogen and oxygen atoms in total. The molecule has 180 valence electrons. The van der Waals surface area contributed by atoms with E-state index in [1.54, 1.807) is 4.68 Å². The maximum Gasteiger partial charge on any atom is 0.261 e. The lowest BCUT2D eigenvalue weighted by Crippen LogP contribution is -2.42. The van der Waals surface area contributed by atoms with Gasteiger partial charge in [-0.2, -0.15) is 14.9 Å². The Bertz CT molecular complexity index is 1390. The van der Waals surface area contributed by atoms with Gasteiger partial charge >= 0.3 is 0 Å². The Morgan fingerprint density at radius 1 is 1.06 bits per heavy atom. The third-order valence-electron chi connectivity index (χ3n) is 6.32. The van der Waals surface area contributed by atoms with E-state index < -0.39 is 0 Å². The van der Waals surface area contributed by atoms with Gasteiger partial charge in [0.15, 0.2) is 11.6 Å². The van der Waals surface area contributed by atoms with Gasteiger partial charge in [0.2, 0.25) is 5.95 Å². The fourth-order valence-electron chi connectivity index (χ4n) is 4.07. The van der Waals surface area contributed by atoms with Crippen LogP contribution in [0.1, 0.15) is 41.3 Å². The zero-order chi connectivity index (χ0) is 24.7. The Labute approximate surface area is 203 Å². The molecule has 0 bridgehead atoms. The van der Waals surface area contributed by atoms with E-state index in [-0.39, 0.29) is 12.5 Å². The number of nitrogens with zero attached hydrogens (tertiary/aromatic N) is 6. The summed E-state index contributed by atoms with van der Waals surface area (Å²) in [5, 5.41) is 13.0. The number of nitrogens with one attached hydrogen (secondary N) is 1. The molecule has 0 radical (unpaired) electrons. The number of benzene rings is 2. The number of hydrogen-bond donors (Lipinski definition) is 3. The van der Waals surface area contributed by atoms with E-state index >= 15 is 0 Å². The van der Waals surface area contributed by atoms with Crippen LogP contribution >= 0.6 is 0 Å². The van der Waals surface area contributed by atoms with Crippen LogP contribution in [0.4, 0.5) is 11.8 Å². The lowest BCUT2D eigenvalue weighted by Gasteiger charge is -2.17. The number of carbonyl (C=O) groups is 1. The molecule has 2 heterocycles. The van der Waals surface area contributed by atoms with Crippen molar-refractivity contribution in [3.05, 3.63) is 71.0 Å². The second-order valence-corrected chi connectivity index (χ2v) is 9.02. The van der Waals surface area contributed by atoms with E-state index in [2.05, 4.69) is 48.3 Å². The lowest BCUT2D eigenvalue weighted by atomic mass is 9.99. The summed E-state index contributed by atoms with van der Waals surface area (Å²) in [5.74, 6) is 13.7. The quantitative estimate of drug-likeness (QED) is 0.214. The molecule has 2 aromatic heterocycles. The molecule has 1 aliphatic carbocycles. The highest BCUT2D eigenvalue weighted by Crippen LogP contribution is 2.38. The number of hydrogen-bond acceptors (Lipinski definition) is 7. The summed E-state index contributed by atoms with van der Waals surface area (Å²) in [6.07, 6.45) is 2.10. The van der Waals surface area contributed by atoms with Crippen molar-refractivity contribution >= 4 is 17.7 Å². The van der Waals surface area contributed by atoms with Crippen molar-refractivity contribution in [2.45, 2.75) is 39.5 Å². The van der Waals surface area contributed by atoms with Crippen molar-refractivity contribution in [2.24, 2.45) is 5.84 Å². The Morgan fingerprint density at radius 2 is 1.77 bits per heavy atom. The van der Waals surface area contributed by atoms with Gasteiger partial charge in [-0.05, 0) is 68.5 Å². The van der Waals surface area contributed by atoms with E-state index in [0.717, 1.165) is 46.2 Å². The van der Waals surface area contributed by atoms with Crippen molar-refractivity contribution in [3.63, 3.8) is 0 Å². The van der Waals surface area contributed by atoms with Crippen LogP contribution in [0.15, 0.2) is 48.5 Å². The highest BCUT2D eigenvalue weighted by Gasteiger charge is 2.29. The average molecular weight is 472 g/mol. The van der Waals surface area contributed by atoms with Gasteiger partial charge in [-0.3, -0.25) is 4.79 Å². The van der Waals surface area contributed by atoms with E-state index in [4.69, 9.17) is 16.8 Å². The van der Waals surface area contributed by atoms with E-state index in [1.165, 1.54) is 15.9 Å². The first-order valence-corrected chi connectivity index (χ1v) is 11.6. The molecule has 1 aliphatic rings. The van der Waals surface area contributed by atoms with Gasteiger partial charge in [-0.25, -0.2) is 15.5 Å². The van der Waals surface area contributed by atoms with Gasteiger partial charge < -0.3 is 11.2 Å². The summed E-state index contributed by atoms with van der Waals surface area (Å²) < 4.78 is 1.68. The van der Waals surface area contributed by atoms with Crippen LogP contribution < -0.4 is 22.0 Å². The Hall–Kier alpha value is -4.18. The summed E-state index contributed by atoms with van der Waals surface area (Å²) in [4.78, 5) is 18.7. The van der Waals surface area contributed by atoms with Crippen LogP contribution in [0.3, 0.4) is 0 Å². The SMILES string of the molecule is Cc1cc(C)c(-c2cc(N(N)C(=O)CNc3nc(C4CC4)n(N)n3)n(-c3ccccc3)n2)cc1C. The summed E-state index contributed by atoms with van der Waals surface area (Å²) in [6.45, 7) is 6.12. The second kappa shape index (κ2) is 8.88. The summed E-state index contributed by atoms with van der Waals surface area (Å²) in [5.41, 5.74) is 6.01.